The van der Waals surface area contributed by atoms with Gasteiger partial charge >= 0.3 is 0 Å². The molecule has 12 heteroatoms. The van der Waals surface area contributed by atoms with E-state index in [-0.39, 0.29) is 37.1 Å². The lowest BCUT2D eigenvalue weighted by atomic mass is 10.2. The summed E-state index contributed by atoms with van der Waals surface area (Å²) >= 11 is 3.15. The number of thiazole rings is 1. The highest BCUT2D eigenvalue weighted by atomic mass is 32.2. The topological polar surface area (TPSA) is 92.3 Å². The molecule has 1 heterocycles. The molecule has 0 aliphatic carbocycles. The van der Waals surface area contributed by atoms with E-state index in [0.29, 0.717) is 23.8 Å². The van der Waals surface area contributed by atoms with E-state index in [9.17, 15) is 13.2 Å². The van der Waals surface area contributed by atoms with Gasteiger partial charge in [-0.25, -0.2) is 13.4 Å². The number of ether oxygens (including phenoxy) is 2. The van der Waals surface area contributed by atoms with Crippen molar-refractivity contribution in [1.29, 1.82) is 0 Å². The number of hydrogen-bond acceptors (Lipinski definition) is 9. The van der Waals surface area contributed by atoms with E-state index in [4.69, 9.17) is 14.5 Å². The number of benzene rings is 2. The number of hydrogen-bond donors (Lipinski definition) is 0. The molecule has 0 spiro atoms. The van der Waals surface area contributed by atoms with Gasteiger partial charge in [-0.1, -0.05) is 25.2 Å². The second-order valence-electron chi connectivity index (χ2n) is 8.73. The van der Waals surface area contributed by atoms with Crippen molar-refractivity contribution in [3.05, 3.63) is 48.0 Å². The Labute approximate surface area is 240 Å². The summed E-state index contributed by atoms with van der Waals surface area (Å²) in [7, 11) is -0.726. The minimum Gasteiger partial charge on any atom is -0.383 e. The van der Waals surface area contributed by atoms with E-state index in [0.717, 1.165) is 28.2 Å². The van der Waals surface area contributed by atoms with Crippen molar-refractivity contribution < 1.29 is 22.7 Å². The first-order valence-corrected chi connectivity index (χ1v) is 16.3. The third-order valence-electron chi connectivity index (χ3n) is 6.42. The van der Waals surface area contributed by atoms with Gasteiger partial charge < -0.3 is 14.4 Å². The fourth-order valence-corrected chi connectivity index (χ4v) is 6.96. The van der Waals surface area contributed by atoms with Crippen molar-refractivity contribution in [3.63, 3.8) is 0 Å². The number of amides is 1. The number of carbonyl (C=O) groups excluding carboxylic acids is 1. The van der Waals surface area contributed by atoms with Crippen LogP contribution in [0.2, 0.25) is 0 Å². The number of thioether (sulfide) groups is 1. The summed E-state index contributed by atoms with van der Waals surface area (Å²) in [5.41, 5.74) is 1.25. The average molecular weight is 595 g/mol. The van der Waals surface area contributed by atoms with Gasteiger partial charge in [-0.2, -0.15) is 4.31 Å². The first-order chi connectivity index (χ1) is 18.8. The molecular weight excluding hydrogens is 557 g/mol. The highest BCUT2D eigenvalue weighted by molar-refractivity contribution is 7.98. The van der Waals surface area contributed by atoms with Gasteiger partial charge in [0.05, 0.1) is 28.3 Å². The van der Waals surface area contributed by atoms with E-state index >= 15 is 0 Å². The maximum absolute atomic E-state index is 13.8. The van der Waals surface area contributed by atoms with E-state index in [1.807, 2.05) is 18.4 Å². The van der Waals surface area contributed by atoms with Gasteiger partial charge in [-0.3, -0.25) is 9.69 Å². The average Bonchev–Trinajstić information content (AvgIpc) is 3.38. The van der Waals surface area contributed by atoms with Crippen LogP contribution in [-0.4, -0.2) is 101 Å². The van der Waals surface area contributed by atoms with Gasteiger partial charge in [0.2, 0.25) is 10.0 Å². The number of anilines is 1. The van der Waals surface area contributed by atoms with Crippen LogP contribution in [-0.2, 0) is 19.5 Å². The molecule has 1 aromatic heterocycles. The number of methoxy groups -OCH3 is 2. The Morgan fingerprint density at radius 1 is 0.949 bits per heavy atom. The lowest BCUT2D eigenvalue weighted by Gasteiger charge is -2.25. The summed E-state index contributed by atoms with van der Waals surface area (Å²) in [6, 6.07) is 12.2. The molecule has 0 saturated carbocycles. The van der Waals surface area contributed by atoms with Crippen molar-refractivity contribution in [2.75, 3.05) is 77.9 Å². The van der Waals surface area contributed by atoms with E-state index in [2.05, 4.69) is 24.8 Å². The van der Waals surface area contributed by atoms with Crippen molar-refractivity contribution in [2.24, 2.45) is 0 Å². The van der Waals surface area contributed by atoms with Crippen LogP contribution >= 0.6 is 23.1 Å². The number of sulfonamides is 1. The van der Waals surface area contributed by atoms with Crippen LogP contribution in [0.5, 0.6) is 0 Å². The maximum atomic E-state index is 13.8. The maximum Gasteiger partial charge on any atom is 0.260 e. The van der Waals surface area contributed by atoms with Crippen molar-refractivity contribution in [2.45, 2.75) is 23.6 Å². The number of aromatic nitrogens is 1. The molecule has 9 nitrogen and oxygen atoms in total. The molecule has 0 radical (unpaired) electrons. The minimum absolute atomic E-state index is 0.116. The molecule has 0 unspecified atom stereocenters. The van der Waals surface area contributed by atoms with Gasteiger partial charge in [0.15, 0.2) is 5.13 Å². The third-order valence-corrected chi connectivity index (χ3v) is 10.1. The molecule has 3 aromatic rings. The monoisotopic (exact) mass is 594 g/mol. The molecule has 3 rings (SSSR count). The van der Waals surface area contributed by atoms with Crippen LogP contribution in [0.15, 0.2) is 52.3 Å². The van der Waals surface area contributed by atoms with Crippen LogP contribution in [0.1, 0.15) is 24.2 Å². The Balaban J connectivity index is 1.91. The summed E-state index contributed by atoms with van der Waals surface area (Å²) in [5, 5.41) is 0.627. The quantitative estimate of drug-likeness (QED) is 0.227. The lowest BCUT2D eigenvalue weighted by Crippen LogP contribution is -2.39. The van der Waals surface area contributed by atoms with Gasteiger partial charge in [0.1, 0.15) is 0 Å². The van der Waals surface area contributed by atoms with Crippen molar-refractivity contribution in [3.8, 4) is 0 Å². The summed E-state index contributed by atoms with van der Waals surface area (Å²) in [6.07, 6.45) is 2.03. The van der Waals surface area contributed by atoms with Crippen LogP contribution in [0, 0.1) is 0 Å². The second-order valence-corrected chi connectivity index (χ2v) is 12.6. The Morgan fingerprint density at radius 3 is 2.15 bits per heavy atom. The zero-order chi connectivity index (χ0) is 28.4. The van der Waals surface area contributed by atoms with Crippen LogP contribution in [0.25, 0.3) is 10.2 Å². The summed E-state index contributed by atoms with van der Waals surface area (Å²) in [5.74, 6) is -0.217. The number of rotatable bonds is 16. The Bertz CT molecular complexity index is 1300. The van der Waals surface area contributed by atoms with Crippen LogP contribution < -0.4 is 4.90 Å². The summed E-state index contributed by atoms with van der Waals surface area (Å²) < 4.78 is 39.1. The standard InChI is InChI=1S/C27H38N4O5S3/c1-6-29(7-2)14-15-31(27-28-24-13-10-22(37-5)20-25(24)38-27)26(32)21-8-11-23(12-9-21)39(33,34)30(16-18-35-3)17-19-36-4/h8-13,20H,6-7,14-19H2,1-5H3. The largest absolute Gasteiger partial charge is 0.383 e. The molecule has 214 valence electrons. The first-order valence-electron chi connectivity index (χ1n) is 12.9. The highest BCUT2D eigenvalue weighted by Gasteiger charge is 2.26. The fraction of sp³-hybridized carbons (Fsp3) is 0.481. The number of likely N-dealkylation sites (N-methyl/N-ethyl adjacent to an activating group) is 1. The van der Waals surface area contributed by atoms with E-state index in [1.165, 1.54) is 42.0 Å². The molecule has 0 N–H and O–H groups in total. The molecule has 1 amide bonds. The molecule has 0 aliphatic rings. The number of fused-ring (bicyclic) bond motifs is 1. The Kier molecular flexibility index (Phi) is 12.2. The minimum atomic E-state index is -3.78. The molecule has 0 aliphatic heterocycles. The zero-order valence-corrected chi connectivity index (χ0v) is 25.7. The van der Waals surface area contributed by atoms with Crippen LogP contribution in [0.3, 0.4) is 0 Å². The molecule has 39 heavy (non-hydrogen) atoms. The first kappa shape index (κ1) is 31.5. The molecule has 0 atom stereocenters. The summed E-state index contributed by atoms with van der Waals surface area (Å²) in [4.78, 5) is 23.8. The zero-order valence-electron chi connectivity index (χ0n) is 23.3. The fourth-order valence-electron chi connectivity index (χ4n) is 4.01. The Morgan fingerprint density at radius 2 is 1.59 bits per heavy atom. The SMILES string of the molecule is CCN(CC)CCN(C(=O)c1ccc(S(=O)(=O)N(CCOC)CCOC)cc1)c1nc2ccc(SC)cc2s1. The predicted octanol–water partition coefficient (Wildman–Crippen LogP) is 4.29. The van der Waals surface area contributed by atoms with Gasteiger partial charge in [0.25, 0.3) is 5.91 Å². The normalized spacial score (nSPS) is 12.1. The number of carbonyl (C=O) groups is 1. The van der Waals surface area contributed by atoms with Crippen LogP contribution in [0.4, 0.5) is 5.13 Å². The smallest absolute Gasteiger partial charge is 0.260 e. The lowest BCUT2D eigenvalue weighted by molar-refractivity contribution is 0.0983. The van der Waals surface area contributed by atoms with E-state index < -0.39 is 10.0 Å². The third kappa shape index (κ3) is 8.00. The van der Waals surface area contributed by atoms with Gasteiger partial charge in [-0.05, 0) is 61.8 Å². The molecular formula is C27H38N4O5S3. The molecule has 0 bridgehead atoms. The second kappa shape index (κ2) is 15.1. The number of nitrogens with zero attached hydrogens (tertiary/aromatic N) is 4. The summed E-state index contributed by atoms with van der Waals surface area (Å²) in [6.45, 7) is 8.06. The van der Waals surface area contributed by atoms with Gasteiger partial charge in [-0.15, -0.1) is 11.8 Å². The molecule has 0 saturated heterocycles. The molecule has 2 aromatic carbocycles. The predicted molar refractivity (Wildman–Crippen MR) is 160 cm³/mol. The van der Waals surface area contributed by atoms with Gasteiger partial charge in [0, 0.05) is 50.9 Å². The Hall–Kier alpha value is -2.06. The van der Waals surface area contributed by atoms with Crippen molar-refractivity contribution in [1.82, 2.24) is 14.2 Å². The molecule has 0 fully saturated rings. The van der Waals surface area contributed by atoms with E-state index in [1.54, 1.807) is 28.8 Å². The van der Waals surface area contributed by atoms with Crippen molar-refractivity contribution >= 4 is 54.4 Å². The highest BCUT2D eigenvalue weighted by Crippen LogP contribution is 2.32.